The molecule has 1 aliphatic heterocycles. The highest BCUT2D eigenvalue weighted by atomic mass is 16.3. The van der Waals surface area contributed by atoms with Gasteiger partial charge in [0.05, 0.1) is 6.10 Å². The van der Waals surface area contributed by atoms with Gasteiger partial charge in [-0.15, -0.1) is 0 Å². The molecule has 0 spiro atoms. The molecule has 0 aromatic carbocycles. The largest absolute Gasteiger partial charge is 0.390 e. The number of carbonyl (C=O) groups is 1. The summed E-state index contributed by atoms with van der Waals surface area (Å²) in [5.74, 6) is -0.152. The van der Waals surface area contributed by atoms with Crippen molar-refractivity contribution in [2.75, 3.05) is 53.4 Å². The molecule has 1 fully saturated rings. The lowest BCUT2D eigenvalue weighted by Crippen LogP contribution is -2.49. The Labute approximate surface area is 132 Å². The molecule has 0 saturated carbocycles. The Hall–Kier alpha value is -1.50. The molecule has 0 aliphatic carbocycles. The fraction of sp³-hybridized carbons (Fsp3) is 0.625. The molecule has 22 heavy (non-hydrogen) atoms. The van der Waals surface area contributed by atoms with Crippen molar-refractivity contribution in [3.63, 3.8) is 0 Å². The van der Waals surface area contributed by atoms with Gasteiger partial charge in [-0.05, 0) is 26.1 Å². The maximum absolute atomic E-state index is 12.3. The van der Waals surface area contributed by atoms with Crippen molar-refractivity contribution in [3.05, 3.63) is 29.6 Å². The number of likely N-dealkylation sites (N-methyl/N-ethyl adjacent to an activating group) is 2. The number of amides is 1. The van der Waals surface area contributed by atoms with E-state index in [1.54, 1.807) is 18.0 Å². The van der Waals surface area contributed by atoms with Gasteiger partial charge in [0, 0.05) is 52.0 Å². The van der Waals surface area contributed by atoms with Gasteiger partial charge in [0.15, 0.2) is 0 Å². The van der Waals surface area contributed by atoms with Crippen LogP contribution in [0.3, 0.4) is 0 Å². The number of aliphatic hydroxyl groups is 1. The standard InChI is InChI=1S/C16H26N4O2/c1-13-5-4-6-15(17-13)16(22)19(3)11-14(21)12-20-9-7-18(2)8-10-20/h4-6,14,21H,7-12H2,1-3H3. The molecule has 2 rings (SSSR count). The Kier molecular flexibility index (Phi) is 5.88. The SMILES string of the molecule is Cc1cccc(C(=O)N(C)CC(O)CN2CCN(C)CC2)n1. The highest BCUT2D eigenvalue weighted by Gasteiger charge is 2.20. The average Bonchev–Trinajstić information content (AvgIpc) is 2.48. The number of aliphatic hydroxyl groups excluding tert-OH is 1. The fourth-order valence-corrected chi connectivity index (χ4v) is 2.64. The molecule has 1 aromatic rings. The number of carbonyl (C=O) groups excluding carboxylic acids is 1. The molecular weight excluding hydrogens is 280 g/mol. The minimum atomic E-state index is -0.540. The van der Waals surface area contributed by atoms with Crippen LogP contribution in [-0.2, 0) is 0 Å². The molecule has 1 N–H and O–H groups in total. The first-order chi connectivity index (χ1) is 10.5. The first-order valence-corrected chi connectivity index (χ1v) is 7.74. The van der Waals surface area contributed by atoms with Crippen LogP contribution in [0.15, 0.2) is 18.2 Å². The third-order valence-corrected chi connectivity index (χ3v) is 4.00. The van der Waals surface area contributed by atoms with Crippen LogP contribution in [-0.4, -0.2) is 90.2 Å². The van der Waals surface area contributed by atoms with E-state index < -0.39 is 6.10 Å². The van der Waals surface area contributed by atoms with Crippen LogP contribution in [0.25, 0.3) is 0 Å². The normalized spacial score (nSPS) is 18.2. The van der Waals surface area contributed by atoms with Gasteiger partial charge in [0.25, 0.3) is 5.91 Å². The minimum Gasteiger partial charge on any atom is -0.390 e. The summed E-state index contributed by atoms with van der Waals surface area (Å²) in [5, 5.41) is 10.2. The van der Waals surface area contributed by atoms with Crippen molar-refractivity contribution < 1.29 is 9.90 Å². The van der Waals surface area contributed by atoms with Crippen LogP contribution in [0, 0.1) is 6.92 Å². The molecule has 1 atom stereocenters. The Balaban J connectivity index is 1.83. The van der Waals surface area contributed by atoms with E-state index in [0.717, 1.165) is 31.9 Å². The number of aromatic nitrogens is 1. The molecular formula is C16H26N4O2. The van der Waals surface area contributed by atoms with Crippen LogP contribution in [0.4, 0.5) is 0 Å². The zero-order valence-corrected chi connectivity index (χ0v) is 13.7. The molecule has 6 heteroatoms. The number of hydrogen-bond donors (Lipinski definition) is 1. The van der Waals surface area contributed by atoms with E-state index in [2.05, 4.69) is 21.8 Å². The first kappa shape index (κ1) is 16.9. The van der Waals surface area contributed by atoms with Crippen LogP contribution in [0.2, 0.25) is 0 Å². The quantitative estimate of drug-likeness (QED) is 0.834. The van der Waals surface area contributed by atoms with Crippen LogP contribution in [0.5, 0.6) is 0 Å². The summed E-state index contributed by atoms with van der Waals surface area (Å²) < 4.78 is 0. The van der Waals surface area contributed by atoms with Crippen molar-refractivity contribution in [2.24, 2.45) is 0 Å². The van der Waals surface area contributed by atoms with E-state index in [0.29, 0.717) is 18.8 Å². The predicted octanol–water partition coefficient (Wildman–Crippen LogP) is 0.0703. The lowest BCUT2D eigenvalue weighted by molar-refractivity contribution is 0.0498. The zero-order valence-electron chi connectivity index (χ0n) is 13.7. The Morgan fingerprint density at radius 2 is 2.05 bits per heavy atom. The van der Waals surface area contributed by atoms with Crippen LogP contribution in [0.1, 0.15) is 16.2 Å². The van der Waals surface area contributed by atoms with Gasteiger partial charge in [-0.2, -0.15) is 0 Å². The summed E-state index contributed by atoms with van der Waals surface area (Å²) in [6, 6.07) is 5.39. The van der Waals surface area contributed by atoms with Gasteiger partial charge in [-0.3, -0.25) is 9.69 Å². The van der Waals surface area contributed by atoms with E-state index in [1.807, 2.05) is 19.1 Å². The fourth-order valence-electron chi connectivity index (χ4n) is 2.64. The second kappa shape index (κ2) is 7.67. The van der Waals surface area contributed by atoms with E-state index >= 15 is 0 Å². The van der Waals surface area contributed by atoms with Gasteiger partial charge in [-0.25, -0.2) is 4.98 Å². The molecule has 1 unspecified atom stereocenters. The minimum absolute atomic E-state index is 0.152. The number of β-amino-alcohol motifs (C(OH)–C–C–N with tert-alkyl or cyclic N) is 1. The molecule has 1 saturated heterocycles. The van der Waals surface area contributed by atoms with Crippen molar-refractivity contribution in [3.8, 4) is 0 Å². The Bertz CT molecular complexity index is 501. The Morgan fingerprint density at radius 1 is 1.36 bits per heavy atom. The Morgan fingerprint density at radius 3 is 2.68 bits per heavy atom. The highest BCUT2D eigenvalue weighted by molar-refractivity contribution is 5.92. The molecule has 1 aromatic heterocycles. The van der Waals surface area contributed by atoms with Gasteiger partial charge in [0.2, 0.25) is 0 Å². The van der Waals surface area contributed by atoms with E-state index in [-0.39, 0.29) is 5.91 Å². The average molecular weight is 306 g/mol. The molecule has 1 aliphatic rings. The number of piperazine rings is 1. The van der Waals surface area contributed by atoms with E-state index in [4.69, 9.17) is 0 Å². The summed E-state index contributed by atoms with van der Waals surface area (Å²) in [6.07, 6.45) is -0.540. The maximum Gasteiger partial charge on any atom is 0.272 e. The summed E-state index contributed by atoms with van der Waals surface area (Å²) in [7, 11) is 3.81. The summed E-state index contributed by atoms with van der Waals surface area (Å²) in [6.45, 7) is 6.76. The maximum atomic E-state index is 12.3. The summed E-state index contributed by atoms with van der Waals surface area (Å²) >= 11 is 0. The monoisotopic (exact) mass is 306 g/mol. The van der Waals surface area contributed by atoms with Crippen LogP contribution >= 0.6 is 0 Å². The molecule has 1 amide bonds. The number of hydrogen-bond acceptors (Lipinski definition) is 5. The van der Waals surface area contributed by atoms with Crippen LogP contribution < -0.4 is 0 Å². The van der Waals surface area contributed by atoms with Gasteiger partial charge in [0.1, 0.15) is 5.69 Å². The van der Waals surface area contributed by atoms with Crippen molar-refractivity contribution >= 4 is 5.91 Å². The topological polar surface area (TPSA) is 59.9 Å². The zero-order chi connectivity index (χ0) is 16.1. The number of pyridine rings is 1. The van der Waals surface area contributed by atoms with E-state index in [9.17, 15) is 9.90 Å². The summed E-state index contributed by atoms with van der Waals surface area (Å²) in [5.41, 5.74) is 1.24. The van der Waals surface area contributed by atoms with Crippen molar-refractivity contribution in [2.45, 2.75) is 13.0 Å². The van der Waals surface area contributed by atoms with Gasteiger partial charge < -0.3 is 14.9 Å². The van der Waals surface area contributed by atoms with Gasteiger partial charge >= 0.3 is 0 Å². The van der Waals surface area contributed by atoms with Crippen molar-refractivity contribution in [1.29, 1.82) is 0 Å². The lowest BCUT2D eigenvalue weighted by Gasteiger charge is -2.34. The summed E-state index contributed by atoms with van der Waals surface area (Å²) in [4.78, 5) is 22.6. The first-order valence-electron chi connectivity index (χ1n) is 7.74. The smallest absolute Gasteiger partial charge is 0.272 e. The van der Waals surface area contributed by atoms with E-state index in [1.165, 1.54) is 0 Å². The number of rotatable bonds is 5. The molecule has 6 nitrogen and oxygen atoms in total. The molecule has 0 bridgehead atoms. The predicted molar refractivity (Wildman–Crippen MR) is 85.9 cm³/mol. The van der Waals surface area contributed by atoms with Crippen molar-refractivity contribution in [1.82, 2.24) is 19.7 Å². The second-order valence-electron chi connectivity index (χ2n) is 6.11. The third-order valence-electron chi connectivity index (χ3n) is 4.00. The molecule has 122 valence electrons. The number of nitrogens with zero attached hydrogens (tertiary/aromatic N) is 4. The second-order valence-corrected chi connectivity index (χ2v) is 6.11. The molecule has 2 heterocycles. The number of aryl methyl sites for hydroxylation is 1. The molecule has 0 radical (unpaired) electrons. The third kappa shape index (κ3) is 4.76. The highest BCUT2D eigenvalue weighted by Crippen LogP contribution is 2.05. The lowest BCUT2D eigenvalue weighted by atomic mass is 10.2. The van der Waals surface area contributed by atoms with Gasteiger partial charge in [-0.1, -0.05) is 6.07 Å².